The third-order valence-corrected chi connectivity index (χ3v) is 3.65. The Labute approximate surface area is 109 Å². The zero-order valence-corrected chi connectivity index (χ0v) is 10.3. The van der Waals surface area contributed by atoms with E-state index in [2.05, 4.69) is 10.3 Å². The van der Waals surface area contributed by atoms with Gasteiger partial charge in [0.2, 0.25) is 0 Å². The molecule has 8 heteroatoms. The smallest absolute Gasteiger partial charge is 0.324 e. The first-order valence-corrected chi connectivity index (χ1v) is 6.04. The number of hydrogen-bond donors (Lipinski definition) is 1. The molecule has 0 unspecified atom stereocenters. The molecule has 18 heavy (non-hydrogen) atoms. The van der Waals surface area contributed by atoms with E-state index in [1.807, 2.05) is 0 Å². The summed E-state index contributed by atoms with van der Waals surface area (Å²) in [6.07, 6.45) is -3.71. The van der Waals surface area contributed by atoms with Crippen molar-refractivity contribution < 1.29 is 17.6 Å². The number of rotatable bonds is 4. The number of benzene rings is 1. The molecule has 1 heterocycles. The van der Waals surface area contributed by atoms with Crippen molar-refractivity contribution in [2.24, 2.45) is 0 Å². The highest BCUT2D eigenvalue weighted by Gasteiger charge is 2.40. The first-order chi connectivity index (χ1) is 8.40. The van der Waals surface area contributed by atoms with Crippen molar-refractivity contribution in [1.29, 1.82) is 0 Å². The Balaban J connectivity index is 2.16. The molecule has 0 bridgehead atoms. The predicted molar refractivity (Wildman–Crippen MR) is 64.1 cm³/mol. The van der Waals surface area contributed by atoms with Crippen LogP contribution in [-0.2, 0) is 0 Å². The van der Waals surface area contributed by atoms with Gasteiger partial charge >= 0.3 is 12.3 Å². The van der Waals surface area contributed by atoms with Crippen LogP contribution < -0.4 is 5.32 Å². The van der Waals surface area contributed by atoms with Crippen molar-refractivity contribution in [3.05, 3.63) is 23.2 Å². The zero-order valence-electron chi connectivity index (χ0n) is 8.76. The van der Waals surface area contributed by atoms with E-state index < -0.39 is 18.9 Å². The third-order valence-electron chi connectivity index (χ3n) is 2.16. The summed E-state index contributed by atoms with van der Waals surface area (Å²) in [5.74, 6) is -4.08. The fourth-order valence-electron chi connectivity index (χ4n) is 1.26. The molecule has 0 amide bonds. The summed E-state index contributed by atoms with van der Waals surface area (Å²) in [5.41, 5.74) is 0.537. The number of aromatic nitrogens is 1. The summed E-state index contributed by atoms with van der Waals surface area (Å²) in [6, 6.07) is 4.97. The molecule has 0 radical (unpaired) electrons. The Hall–Kier alpha value is -1.08. The lowest BCUT2D eigenvalue weighted by Gasteiger charge is -2.14. The average molecular weight is 299 g/mol. The maximum atomic E-state index is 12.7. The number of thiazole rings is 1. The highest BCUT2D eigenvalue weighted by atomic mass is 35.5. The van der Waals surface area contributed by atoms with E-state index in [0.717, 1.165) is 11.3 Å². The molecule has 0 saturated heterocycles. The van der Waals surface area contributed by atoms with E-state index in [-0.39, 0.29) is 5.13 Å². The number of nitrogens with zero attached hydrogens (tertiary/aromatic N) is 1. The summed E-state index contributed by atoms with van der Waals surface area (Å²) >= 11 is 6.93. The minimum absolute atomic E-state index is 0.137. The van der Waals surface area contributed by atoms with Crippen molar-refractivity contribution in [2.45, 2.75) is 12.3 Å². The van der Waals surface area contributed by atoms with Crippen LogP contribution in [0, 0.1) is 0 Å². The highest BCUT2D eigenvalue weighted by Crippen LogP contribution is 2.32. The first-order valence-electron chi connectivity index (χ1n) is 4.85. The van der Waals surface area contributed by atoms with E-state index in [9.17, 15) is 17.6 Å². The molecule has 0 aliphatic heterocycles. The summed E-state index contributed by atoms with van der Waals surface area (Å²) in [4.78, 5) is 3.98. The molecule has 0 atom stereocenters. The molecule has 0 spiro atoms. The van der Waals surface area contributed by atoms with Crippen molar-refractivity contribution in [3.8, 4) is 0 Å². The SMILES string of the molecule is FC(F)C(F)(F)CNc1nc2cccc(Cl)c2s1. The Morgan fingerprint density at radius 2 is 2.11 bits per heavy atom. The van der Waals surface area contributed by atoms with Gasteiger partial charge in [0.1, 0.15) is 0 Å². The lowest BCUT2D eigenvalue weighted by molar-refractivity contribution is -0.117. The highest BCUT2D eigenvalue weighted by molar-refractivity contribution is 7.22. The Morgan fingerprint density at radius 1 is 1.39 bits per heavy atom. The quantitative estimate of drug-likeness (QED) is 0.853. The van der Waals surface area contributed by atoms with E-state index in [4.69, 9.17) is 11.6 Å². The van der Waals surface area contributed by atoms with Crippen LogP contribution in [0.4, 0.5) is 22.7 Å². The Kier molecular flexibility index (Phi) is 3.63. The summed E-state index contributed by atoms with van der Waals surface area (Å²) < 4.78 is 49.9. The van der Waals surface area contributed by atoms with Crippen LogP contribution in [0.25, 0.3) is 10.2 Å². The number of anilines is 1. The van der Waals surface area contributed by atoms with Gasteiger partial charge in [0.15, 0.2) is 5.13 Å². The molecule has 0 aliphatic rings. The standard InChI is InChI=1S/C10H7ClF4N2S/c11-5-2-1-3-6-7(5)18-9(17-6)16-4-10(14,15)8(12)13/h1-3,8H,4H2,(H,16,17). The van der Waals surface area contributed by atoms with Gasteiger partial charge in [-0.05, 0) is 12.1 Å². The van der Waals surface area contributed by atoms with Gasteiger partial charge in [-0.2, -0.15) is 8.78 Å². The van der Waals surface area contributed by atoms with E-state index in [0.29, 0.717) is 15.2 Å². The molecule has 0 fully saturated rings. The number of alkyl halides is 4. The fourth-order valence-corrected chi connectivity index (χ4v) is 2.41. The molecule has 2 aromatic rings. The summed E-state index contributed by atoms with van der Waals surface area (Å²) in [5, 5.41) is 2.78. The second kappa shape index (κ2) is 4.89. The van der Waals surface area contributed by atoms with Gasteiger partial charge in [0.25, 0.3) is 0 Å². The van der Waals surface area contributed by atoms with Crippen molar-refractivity contribution >= 4 is 38.3 Å². The molecule has 1 aromatic carbocycles. The summed E-state index contributed by atoms with van der Waals surface area (Å²) in [7, 11) is 0. The maximum Gasteiger partial charge on any atom is 0.324 e. The van der Waals surface area contributed by atoms with Crippen LogP contribution >= 0.6 is 22.9 Å². The number of hydrogen-bond acceptors (Lipinski definition) is 3. The Bertz CT molecular complexity index is 558. The van der Waals surface area contributed by atoms with E-state index in [1.54, 1.807) is 18.2 Å². The van der Waals surface area contributed by atoms with Gasteiger partial charge in [-0.1, -0.05) is 29.0 Å². The molecular weight excluding hydrogens is 292 g/mol. The second-order valence-corrected chi connectivity index (χ2v) is 4.93. The Morgan fingerprint density at radius 3 is 2.72 bits per heavy atom. The van der Waals surface area contributed by atoms with E-state index in [1.165, 1.54) is 0 Å². The lowest BCUT2D eigenvalue weighted by atomic mass is 10.3. The van der Waals surface area contributed by atoms with Gasteiger partial charge in [0, 0.05) is 0 Å². The van der Waals surface area contributed by atoms with Crippen molar-refractivity contribution in [2.75, 3.05) is 11.9 Å². The topological polar surface area (TPSA) is 24.9 Å². The molecule has 1 N–H and O–H groups in total. The predicted octanol–water partition coefficient (Wildman–Crippen LogP) is 4.26. The maximum absolute atomic E-state index is 12.7. The van der Waals surface area contributed by atoms with Crippen LogP contribution in [0.1, 0.15) is 0 Å². The largest absolute Gasteiger partial charge is 0.355 e. The average Bonchev–Trinajstić information content (AvgIpc) is 2.71. The van der Waals surface area contributed by atoms with Crippen molar-refractivity contribution in [1.82, 2.24) is 4.98 Å². The fraction of sp³-hybridized carbons (Fsp3) is 0.300. The minimum atomic E-state index is -4.08. The third kappa shape index (κ3) is 2.67. The normalized spacial score (nSPS) is 12.3. The molecule has 98 valence electrons. The zero-order chi connectivity index (χ0) is 13.3. The van der Waals surface area contributed by atoms with Gasteiger partial charge in [-0.25, -0.2) is 13.8 Å². The summed E-state index contributed by atoms with van der Waals surface area (Å²) in [6.45, 7) is -1.16. The van der Waals surface area contributed by atoms with Gasteiger partial charge in [0.05, 0.1) is 21.8 Å². The molecule has 2 rings (SSSR count). The van der Waals surface area contributed by atoms with Gasteiger partial charge in [-0.15, -0.1) is 0 Å². The second-order valence-electron chi connectivity index (χ2n) is 3.52. The number of fused-ring (bicyclic) bond motifs is 1. The number of nitrogens with one attached hydrogen (secondary N) is 1. The first kappa shape index (κ1) is 13.4. The molecule has 0 saturated carbocycles. The van der Waals surface area contributed by atoms with Crippen LogP contribution in [0.5, 0.6) is 0 Å². The van der Waals surface area contributed by atoms with Crippen LogP contribution in [-0.4, -0.2) is 23.9 Å². The van der Waals surface area contributed by atoms with Gasteiger partial charge in [-0.3, -0.25) is 0 Å². The minimum Gasteiger partial charge on any atom is -0.355 e. The molecule has 1 aromatic heterocycles. The van der Waals surface area contributed by atoms with Crippen LogP contribution in [0.15, 0.2) is 18.2 Å². The monoisotopic (exact) mass is 298 g/mol. The van der Waals surface area contributed by atoms with E-state index >= 15 is 0 Å². The molecule has 0 aliphatic carbocycles. The van der Waals surface area contributed by atoms with Crippen LogP contribution in [0.2, 0.25) is 5.02 Å². The lowest BCUT2D eigenvalue weighted by Crippen LogP contribution is -2.34. The van der Waals surface area contributed by atoms with Crippen LogP contribution in [0.3, 0.4) is 0 Å². The number of halogens is 5. The van der Waals surface area contributed by atoms with Gasteiger partial charge < -0.3 is 5.32 Å². The molecule has 2 nitrogen and oxygen atoms in total. The van der Waals surface area contributed by atoms with Crippen molar-refractivity contribution in [3.63, 3.8) is 0 Å². The molecular formula is C10H7ClF4N2S.